The molecule has 3 heterocycles. The molecule has 1 aliphatic rings. The van der Waals surface area contributed by atoms with Crippen LogP contribution in [-0.2, 0) is 25.2 Å². The average Bonchev–Trinajstić information content (AvgIpc) is 3.45. The van der Waals surface area contributed by atoms with E-state index in [9.17, 15) is 23.1 Å². The number of carbonyl (C=O) groups is 1. The van der Waals surface area contributed by atoms with Gasteiger partial charge in [0.1, 0.15) is 11.6 Å². The van der Waals surface area contributed by atoms with Gasteiger partial charge in [-0.25, -0.2) is 9.78 Å². The molecule has 0 saturated carbocycles. The van der Waals surface area contributed by atoms with Gasteiger partial charge in [-0.15, -0.1) is 6.58 Å². The molecule has 0 bridgehead atoms. The number of rotatable bonds is 9. The highest BCUT2D eigenvalue weighted by atomic mass is 19.4. The molecule has 0 amide bonds. The normalized spacial score (nSPS) is 15.8. The third kappa shape index (κ3) is 7.34. The molecule has 1 fully saturated rings. The van der Waals surface area contributed by atoms with Crippen molar-refractivity contribution in [3.8, 4) is 28.1 Å². The van der Waals surface area contributed by atoms with Gasteiger partial charge in [0, 0.05) is 36.0 Å². The Morgan fingerprint density at radius 2 is 1.79 bits per heavy atom. The topological polar surface area (TPSA) is 98.4 Å². The number of halogens is 3. The molecule has 1 unspecified atom stereocenters. The van der Waals surface area contributed by atoms with Gasteiger partial charge in [-0.2, -0.15) is 22.8 Å². The van der Waals surface area contributed by atoms with E-state index in [2.05, 4.69) is 18.4 Å². The van der Waals surface area contributed by atoms with Crippen LogP contribution in [0, 0.1) is 6.92 Å². The zero-order chi connectivity index (χ0) is 35.0. The first-order chi connectivity index (χ1) is 22.5. The van der Waals surface area contributed by atoms with Gasteiger partial charge in [0.05, 0.1) is 41.7 Å². The van der Waals surface area contributed by atoms with Crippen LogP contribution in [0.15, 0.2) is 61.2 Å². The van der Waals surface area contributed by atoms with E-state index in [0.717, 1.165) is 18.2 Å². The number of ether oxygens (including phenoxy) is 3. The number of esters is 1. The van der Waals surface area contributed by atoms with Crippen LogP contribution in [0.1, 0.15) is 63.5 Å². The molecule has 1 saturated heterocycles. The van der Waals surface area contributed by atoms with Gasteiger partial charge < -0.3 is 24.2 Å². The Balaban J connectivity index is 1.66. The number of hydrogen-bond donors (Lipinski definition) is 1. The van der Waals surface area contributed by atoms with Crippen LogP contribution >= 0.6 is 0 Å². The number of carbonyl (C=O) groups excluding carboxylic acids is 1. The molecule has 9 nitrogen and oxygen atoms in total. The first-order valence-corrected chi connectivity index (χ1v) is 15.7. The maximum absolute atomic E-state index is 13.5. The van der Waals surface area contributed by atoms with Gasteiger partial charge in [0.15, 0.2) is 11.8 Å². The first kappa shape index (κ1) is 34.9. The molecular formula is C36H41F3N4O5. The minimum absolute atomic E-state index is 0.0441. The maximum Gasteiger partial charge on any atom is 0.416 e. The maximum atomic E-state index is 13.5. The lowest BCUT2D eigenvalue weighted by Crippen LogP contribution is -2.45. The van der Waals surface area contributed by atoms with Crippen molar-refractivity contribution in [3.63, 3.8) is 0 Å². The third-order valence-corrected chi connectivity index (χ3v) is 8.42. The molecule has 48 heavy (non-hydrogen) atoms. The minimum atomic E-state index is -4.57. The van der Waals surface area contributed by atoms with E-state index in [1.165, 1.54) is 7.11 Å². The number of fused-ring (bicyclic) bond motifs is 1. The third-order valence-electron chi connectivity index (χ3n) is 8.42. The number of phenols is 1. The number of aryl methyl sites for hydroxylation is 1. The number of benzene rings is 2. The molecule has 5 rings (SSSR count). The lowest BCUT2D eigenvalue weighted by atomic mass is 9.92. The Morgan fingerprint density at radius 3 is 2.42 bits per heavy atom. The second-order valence-electron chi connectivity index (χ2n) is 13.2. The van der Waals surface area contributed by atoms with E-state index in [4.69, 9.17) is 24.3 Å². The monoisotopic (exact) mass is 666 g/mol. The Labute approximate surface area is 277 Å². The fourth-order valence-electron chi connectivity index (χ4n) is 5.94. The van der Waals surface area contributed by atoms with Crippen LogP contribution < -0.4 is 4.90 Å². The predicted octanol–water partition coefficient (Wildman–Crippen LogP) is 7.69. The minimum Gasteiger partial charge on any atom is -0.507 e. The number of aromatic hydroxyl groups is 1. The molecule has 12 heteroatoms. The molecule has 4 aromatic rings. The second-order valence-corrected chi connectivity index (χ2v) is 13.2. The highest BCUT2D eigenvalue weighted by molar-refractivity contribution is 5.81. The van der Waals surface area contributed by atoms with Gasteiger partial charge in [0.2, 0.25) is 0 Å². The average molecular weight is 667 g/mol. The fraction of sp³-hybridized carbons (Fsp3) is 0.417. The Bertz CT molecular complexity index is 1820. The Kier molecular flexibility index (Phi) is 9.62. The van der Waals surface area contributed by atoms with Crippen LogP contribution in [0.4, 0.5) is 19.0 Å². The standard InChI is InChI=1S/C36H41F3N4O5/c1-8-18-47-35(6)14-16-42(17-15-35)32-30(31(33(45)46-7)48-34(3,4)5)22(2)40-29-21-27(41-43(29)32)24-11-9-10-23(19-24)26-20-25(36(37,38)39)12-13-28(26)44/h8-13,19-21,31,44H,1,14-18H2,2-7H3. The number of phenolic OH excluding ortho intramolecular Hbond substituents is 1. The van der Waals surface area contributed by atoms with E-state index in [-0.39, 0.29) is 16.9 Å². The number of piperidine rings is 1. The molecule has 0 radical (unpaired) electrons. The van der Waals surface area contributed by atoms with Crippen LogP contribution in [0.3, 0.4) is 0 Å². The molecule has 0 spiro atoms. The van der Waals surface area contributed by atoms with Crippen molar-refractivity contribution in [1.82, 2.24) is 14.6 Å². The van der Waals surface area contributed by atoms with Crippen LogP contribution in [0.2, 0.25) is 0 Å². The largest absolute Gasteiger partial charge is 0.507 e. The zero-order valence-corrected chi connectivity index (χ0v) is 28.0. The summed E-state index contributed by atoms with van der Waals surface area (Å²) in [5, 5.41) is 15.4. The summed E-state index contributed by atoms with van der Waals surface area (Å²) in [6.45, 7) is 14.8. The van der Waals surface area contributed by atoms with Gasteiger partial charge in [0.25, 0.3) is 0 Å². The number of nitrogens with zero attached hydrogens (tertiary/aromatic N) is 4. The molecule has 2 aromatic carbocycles. The first-order valence-electron chi connectivity index (χ1n) is 15.7. The fourth-order valence-corrected chi connectivity index (χ4v) is 5.94. The number of aromatic nitrogens is 3. The summed E-state index contributed by atoms with van der Waals surface area (Å²) in [6.07, 6.45) is -2.55. The van der Waals surface area contributed by atoms with E-state index in [1.54, 1.807) is 40.9 Å². The highest BCUT2D eigenvalue weighted by Gasteiger charge is 2.38. The molecule has 0 aliphatic carbocycles. The van der Waals surface area contributed by atoms with E-state index in [0.29, 0.717) is 72.1 Å². The van der Waals surface area contributed by atoms with Crippen molar-refractivity contribution < 1.29 is 37.3 Å². The summed E-state index contributed by atoms with van der Waals surface area (Å²) in [7, 11) is 1.31. The van der Waals surface area contributed by atoms with Crippen molar-refractivity contribution in [2.45, 2.75) is 70.9 Å². The summed E-state index contributed by atoms with van der Waals surface area (Å²) in [5.74, 6) is -0.227. The number of anilines is 1. The second kappa shape index (κ2) is 13.2. The molecular weight excluding hydrogens is 625 g/mol. The Hall–Kier alpha value is -4.42. The quantitative estimate of drug-likeness (QED) is 0.144. The van der Waals surface area contributed by atoms with Crippen molar-refractivity contribution >= 4 is 17.4 Å². The Morgan fingerprint density at radius 1 is 1.10 bits per heavy atom. The summed E-state index contributed by atoms with van der Waals surface area (Å²) in [5.41, 5.74) is 1.18. The van der Waals surface area contributed by atoms with Crippen LogP contribution in [0.5, 0.6) is 5.75 Å². The molecule has 256 valence electrons. The molecule has 2 aromatic heterocycles. The number of hydrogen-bond acceptors (Lipinski definition) is 8. The summed E-state index contributed by atoms with van der Waals surface area (Å²) >= 11 is 0. The van der Waals surface area contributed by atoms with Crippen LogP contribution in [0.25, 0.3) is 28.0 Å². The van der Waals surface area contributed by atoms with Crippen molar-refractivity contribution in [1.29, 1.82) is 0 Å². The van der Waals surface area contributed by atoms with E-state index in [1.807, 2.05) is 27.7 Å². The van der Waals surface area contributed by atoms with Gasteiger partial charge in [-0.1, -0.05) is 24.3 Å². The molecule has 1 aliphatic heterocycles. The predicted molar refractivity (Wildman–Crippen MR) is 177 cm³/mol. The van der Waals surface area contributed by atoms with Gasteiger partial charge in [-0.05, 0) is 77.3 Å². The van der Waals surface area contributed by atoms with E-state index < -0.39 is 29.4 Å². The number of alkyl halides is 3. The smallest absolute Gasteiger partial charge is 0.416 e. The summed E-state index contributed by atoms with van der Waals surface area (Å²) in [6, 6.07) is 11.4. The van der Waals surface area contributed by atoms with Crippen molar-refractivity contribution in [2.24, 2.45) is 0 Å². The molecule has 1 atom stereocenters. The SMILES string of the molecule is C=CCOC1(C)CCN(c2c(C(OC(C)(C)C)C(=O)OC)c(C)nc3cc(-c4cccc(-c5cc(C(F)(F)F)ccc5O)c4)nn23)CC1. The lowest BCUT2D eigenvalue weighted by Gasteiger charge is -2.41. The lowest BCUT2D eigenvalue weighted by molar-refractivity contribution is -0.164. The summed E-state index contributed by atoms with van der Waals surface area (Å²) in [4.78, 5) is 20.3. The van der Waals surface area contributed by atoms with E-state index >= 15 is 0 Å². The highest BCUT2D eigenvalue weighted by Crippen LogP contribution is 2.40. The van der Waals surface area contributed by atoms with Gasteiger partial charge >= 0.3 is 12.1 Å². The van der Waals surface area contributed by atoms with Crippen LogP contribution in [-0.4, -0.2) is 63.7 Å². The van der Waals surface area contributed by atoms with Crippen molar-refractivity contribution in [3.05, 3.63) is 78.0 Å². The van der Waals surface area contributed by atoms with Crippen molar-refractivity contribution in [2.75, 3.05) is 31.7 Å². The number of methoxy groups -OCH3 is 1. The molecule has 1 N–H and O–H groups in total. The summed E-state index contributed by atoms with van der Waals surface area (Å²) < 4.78 is 59.8. The van der Waals surface area contributed by atoms with Gasteiger partial charge in [-0.3, -0.25) is 0 Å². The zero-order valence-electron chi connectivity index (χ0n) is 28.0.